The maximum atomic E-state index is 13.0. The second kappa shape index (κ2) is 9.87. The Hall–Kier alpha value is -2.90. The van der Waals surface area contributed by atoms with E-state index >= 15 is 0 Å². The zero-order valence-electron chi connectivity index (χ0n) is 22.1. The van der Waals surface area contributed by atoms with Crippen LogP contribution in [0.15, 0.2) is 47.1 Å². The Kier molecular flexibility index (Phi) is 6.79. The second-order valence-electron chi connectivity index (χ2n) is 10.5. The summed E-state index contributed by atoms with van der Waals surface area (Å²) in [6.45, 7) is 14.2. The van der Waals surface area contributed by atoms with Gasteiger partial charge in [-0.05, 0) is 83.8 Å². The number of piperidine rings is 1. The summed E-state index contributed by atoms with van der Waals surface area (Å²) in [6, 6.07) is 12.1. The molecule has 3 heterocycles. The molecule has 0 bridgehead atoms. The fourth-order valence-electron chi connectivity index (χ4n) is 6.38. The number of benzene rings is 1. The topological polar surface area (TPSA) is 72.5 Å². The Labute approximate surface area is 213 Å². The molecule has 5 rings (SSSR count). The molecule has 36 heavy (non-hydrogen) atoms. The number of rotatable bonds is 7. The van der Waals surface area contributed by atoms with Gasteiger partial charge < -0.3 is 14.5 Å². The highest BCUT2D eigenvalue weighted by Crippen LogP contribution is 2.52. The predicted octanol–water partition coefficient (Wildman–Crippen LogP) is 5.10. The van der Waals surface area contributed by atoms with Gasteiger partial charge >= 0.3 is 0 Å². The first kappa shape index (κ1) is 24.8. The van der Waals surface area contributed by atoms with Gasteiger partial charge in [0, 0.05) is 35.9 Å². The molecule has 3 aromatic rings. The summed E-state index contributed by atoms with van der Waals surface area (Å²) in [4.78, 5) is 15.5. The van der Waals surface area contributed by atoms with Gasteiger partial charge in [-0.25, -0.2) is 0 Å². The standard InChI is InChI=1S/C29H38N4O3/c1-6-35-27-26(30-28(34)25-12-9-17-36-25)22-10-7-8-11-24(22)29(27)13-15-32(16-14-29)18-23-20(4)31-33(19(2)3)21(23)5/h7-12,17,19,26-27H,6,13-16,18H2,1-5H3,(H,30,34)/t26-,27+/m1/s1. The van der Waals surface area contributed by atoms with Crippen LogP contribution in [0.3, 0.4) is 0 Å². The molecule has 1 aliphatic heterocycles. The lowest BCUT2D eigenvalue weighted by Crippen LogP contribution is -2.50. The fourth-order valence-corrected chi connectivity index (χ4v) is 6.38. The first-order chi connectivity index (χ1) is 17.4. The van der Waals surface area contributed by atoms with Crippen LogP contribution < -0.4 is 5.32 Å². The number of carbonyl (C=O) groups is 1. The minimum Gasteiger partial charge on any atom is -0.459 e. The maximum absolute atomic E-state index is 13.0. The summed E-state index contributed by atoms with van der Waals surface area (Å²) >= 11 is 0. The van der Waals surface area contributed by atoms with Gasteiger partial charge in [0.1, 0.15) is 0 Å². The number of nitrogens with one attached hydrogen (secondary N) is 1. The van der Waals surface area contributed by atoms with Crippen molar-refractivity contribution in [1.82, 2.24) is 20.0 Å². The Morgan fingerprint density at radius 1 is 1.19 bits per heavy atom. The Morgan fingerprint density at radius 3 is 2.58 bits per heavy atom. The smallest absolute Gasteiger partial charge is 0.287 e. The van der Waals surface area contributed by atoms with Crippen LogP contribution in [-0.2, 0) is 16.7 Å². The van der Waals surface area contributed by atoms with Crippen LogP contribution in [-0.4, -0.2) is 46.4 Å². The van der Waals surface area contributed by atoms with Crippen molar-refractivity contribution in [2.45, 2.75) is 77.6 Å². The van der Waals surface area contributed by atoms with Crippen molar-refractivity contribution >= 4 is 5.91 Å². The highest BCUT2D eigenvalue weighted by Gasteiger charge is 2.54. The van der Waals surface area contributed by atoms with Crippen molar-refractivity contribution in [2.75, 3.05) is 19.7 Å². The molecule has 1 spiro atoms. The van der Waals surface area contributed by atoms with E-state index in [2.05, 4.69) is 66.9 Å². The summed E-state index contributed by atoms with van der Waals surface area (Å²) < 4.78 is 14.0. The molecule has 192 valence electrons. The Morgan fingerprint density at radius 2 is 1.94 bits per heavy atom. The summed E-state index contributed by atoms with van der Waals surface area (Å²) in [5.41, 5.74) is 6.08. The molecule has 0 radical (unpaired) electrons. The van der Waals surface area contributed by atoms with Crippen molar-refractivity contribution in [1.29, 1.82) is 0 Å². The molecule has 1 saturated heterocycles. The average molecular weight is 491 g/mol. The SMILES string of the molecule is CCO[C@H]1[C@H](NC(=O)c2ccco2)c2ccccc2C12CCN(Cc1c(C)nn(C(C)C)c1C)CC2. The highest BCUT2D eigenvalue weighted by atomic mass is 16.5. The third kappa shape index (κ3) is 4.18. The molecule has 1 amide bonds. The first-order valence-electron chi connectivity index (χ1n) is 13.2. The molecule has 7 nitrogen and oxygen atoms in total. The molecule has 1 fully saturated rings. The van der Waals surface area contributed by atoms with Gasteiger partial charge in [-0.1, -0.05) is 24.3 Å². The van der Waals surface area contributed by atoms with E-state index in [1.54, 1.807) is 12.1 Å². The van der Waals surface area contributed by atoms with E-state index in [1.807, 2.05) is 6.92 Å². The lowest BCUT2D eigenvalue weighted by Gasteiger charge is -2.44. The van der Waals surface area contributed by atoms with Gasteiger partial charge in [0.25, 0.3) is 5.91 Å². The van der Waals surface area contributed by atoms with Crippen LogP contribution in [0.2, 0.25) is 0 Å². The molecule has 7 heteroatoms. The van der Waals surface area contributed by atoms with Gasteiger partial charge in [0.15, 0.2) is 5.76 Å². The number of nitrogens with zero attached hydrogens (tertiary/aromatic N) is 3. The molecule has 0 saturated carbocycles. The lowest BCUT2D eigenvalue weighted by atomic mass is 9.71. The van der Waals surface area contributed by atoms with Gasteiger partial charge in [-0.2, -0.15) is 5.10 Å². The number of amides is 1. The van der Waals surface area contributed by atoms with Gasteiger partial charge in [-0.3, -0.25) is 14.4 Å². The van der Waals surface area contributed by atoms with Crippen molar-refractivity contribution in [3.63, 3.8) is 0 Å². The molecule has 1 aliphatic carbocycles. The normalized spacial score (nSPS) is 21.3. The van der Waals surface area contributed by atoms with E-state index < -0.39 is 0 Å². The molecule has 1 aromatic carbocycles. The maximum Gasteiger partial charge on any atom is 0.287 e. The molecule has 1 N–H and O–H groups in total. The van der Waals surface area contributed by atoms with Crippen LogP contribution in [0, 0.1) is 13.8 Å². The quantitative estimate of drug-likeness (QED) is 0.499. The lowest BCUT2D eigenvalue weighted by molar-refractivity contribution is -0.0336. The van der Waals surface area contributed by atoms with E-state index in [0.29, 0.717) is 18.4 Å². The summed E-state index contributed by atoms with van der Waals surface area (Å²) in [6.07, 6.45) is 3.38. The van der Waals surface area contributed by atoms with E-state index in [9.17, 15) is 4.79 Å². The number of fused-ring (bicyclic) bond motifs is 2. The van der Waals surface area contributed by atoms with E-state index in [1.165, 1.54) is 23.1 Å². The summed E-state index contributed by atoms with van der Waals surface area (Å²) in [7, 11) is 0. The van der Waals surface area contributed by atoms with Crippen LogP contribution in [0.5, 0.6) is 0 Å². The first-order valence-corrected chi connectivity index (χ1v) is 13.2. The number of hydrogen-bond acceptors (Lipinski definition) is 5. The Bertz CT molecular complexity index is 1210. The van der Waals surface area contributed by atoms with Crippen LogP contribution in [0.1, 0.15) is 84.3 Å². The third-order valence-electron chi connectivity index (χ3n) is 8.15. The van der Waals surface area contributed by atoms with Crippen LogP contribution >= 0.6 is 0 Å². The van der Waals surface area contributed by atoms with Gasteiger partial charge in [0.05, 0.1) is 24.1 Å². The van der Waals surface area contributed by atoms with Crippen LogP contribution in [0.4, 0.5) is 0 Å². The molecule has 0 unspecified atom stereocenters. The average Bonchev–Trinajstić information content (AvgIpc) is 3.56. The van der Waals surface area contributed by atoms with Crippen molar-refractivity contribution < 1.29 is 13.9 Å². The number of ether oxygens (including phenoxy) is 1. The monoisotopic (exact) mass is 490 g/mol. The zero-order valence-corrected chi connectivity index (χ0v) is 22.1. The molecule has 2 aliphatic rings. The fraction of sp³-hybridized carbons (Fsp3) is 0.517. The number of furan rings is 1. The van der Waals surface area contributed by atoms with Gasteiger partial charge in [-0.15, -0.1) is 0 Å². The predicted molar refractivity (Wildman–Crippen MR) is 139 cm³/mol. The van der Waals surface area contributed by atoms with E-state index in [4.69, 9.17) is 14.3 Å². The Balaban J connectivity index is 1.39. The van der Waals surface area contributed by atoms with Crippen molar-refractivity contribution in [3.8, 4) is 0 Å². The third-order valence-corrected chi connectivity index (χ3v) is 8.15. The summed E-state index contributed by atoms with van der Waals surface area (Å²) in [5.74, 6) is 0.123. The number of hydrogen-bond donors (Lipinski definition) is 1. The largest absolute Gasteiger partial charge is 0.459 e. The van der Waals surface area contributed by atoms with Crippen LogP contribution in [0.25, 0.3) is 0 Å². The minimum atomic E-state index is -0.209. The molecule has 2 atom stereocenters. The van der Waals surface area contributed by atoms with Crippen molar-refractivity contribution in [3.05, 3.63) is 76.5 Å². The van der Waals surface area contributed by atoms with E-state index in [0.717, 1.165) is 43.7 Å². The zero-order chi connectivity index (χ0) is 25.4. The highest BCUT2D eigenvalue weighted by molar-refractivity contribution is 5.91. The molecular formula is C29H38N4O3. The minimum absolute atomic E-state index is 0.117. The second-order valence-corrected chi connectivity index (χ2v) is 10.5. The van der Waals surface area contributed by atoms with Gasteiger partial charge in [0.2, 0.25) is 0 Å². The number of aryl methyl sites for hydroxylation is 1. The molecular weight excluding hydrogens is 452 g/mol. The number of aromatic nitrogens is 2. The molecule has 2 aromatic heterocycles. The number of carbonyl (C=O) groups excluding carboxylic acids is 1. The van der Waals surface area contributed by atoms with Crippen molar-refractivity contribution in [2.24, 2.45) is 0 Å². The number of likely N-dealkylation sites (tertiary alicyclic amines) is 1. The summed E-state index contributed by atoms with van der Waals surface area (Å²) in [5, 5.41) is 8.03. The van der Waals surface area contributed by atoms with E-state index in [-0.39, 0.29) is 23.5 Å².